The third kappa shape index (κ3) is 2.40. The number of hydrogen-bond donors (Lipinski definition) is 1. The van der Waals surface area contributed by atoms with Crippen LogP contribution in [0.2, 0.25) is 0 Å². The SMILES string of the molecule is OOC=CC1CCCCC1. The molecule has 10 heavy (non-hydrogen) atoms. The highest BCUT2D eigenvalue weighted by Gasteiger charge is 2.09. The molecule has 0 atom stereocenters. The van der Waals surface area contributed by atoms with Gasteiger partial charge in [-0.3, -0.25) is 0 Å². The Morgan fingerprint density at radius 3 is 2.50 bits per heavy atom. The van der Waals surface area contributed by atoms with Gasteiger partial charge in [0.15, 0.2) is 0 Å². The fourth-order valence-electron chi connectivity index (χ4n) is 1.47. The van der Waals surface area contributed by atoms with Crippen LogP contribution < -0.4 is 0 Å². The van der Waals surface area contributed by atoms with E-state index in [4.69, 9.17) is 5.26 Å². The van der Waals surface area contributed by atoms with Crippen molar-refractivity contribution in [1.82, 2.24) is 0 Å². The molecule has 0 radical (unpaired) electrons. The van der Waals surface area contributed by atoms with Crippen LogP contribution in [-0.4, -0.2) is 5.26 Å². The zero-order chi connectivity index (χ0) is 7.23. The van der Waals surface area contributed by atoms with E-state index in [1.807, 2.05) is 6.08 Å². The van der Waals surface area contributed by atoms with Crippen molar-refractivity contribution < 1.29 is 10.1 Å². The first-order valence-electron chi connectivity index (χ1n) is 3.90. The molecular formula is C8H14O2. The van der Waals surface area contributed by atoms with Crippen molar-refractivity contribution in [2.75, 3.05) is 0 Å². The monoisotopic (exact) mass is 142 g/mol. The zero-order valence-corrected chi connectivity index (χ0v) is 6.12. The Balaban J connectivity index is 2.19. The third-order valence-corrected chi connectivity index (χ3v) is 2.06. The highest BCUT2D eigenvalue weighted by atomic mass is 17.1. The molecule has 0 aromatic rings. The molecule has 1 N–H and O–H groups in total. The molecule has 1 aliphatic carbocycles. The molecule has 2 nitrogen and oxygen atoms in total. The van der Waals surface area contributed by atoms with Crippen molar-refractivity contribution in [3.05, 3.63) is 12.3 Å². The van der Waals surface area contributed by atoms with Crippen LogP contribution in [0.5, 0.6) is 0 Å². The molecule has 0 saturated heterocycles. The smallest absolute Gasteiger partial charge is 0.125 e. The average molecular weight is 142 g/mol. The molecule has 1 aliphatic rings. The van der Waals surface area contributed by atoms with Crippen LogP contribution in [-0.2, 0) is 4.89 Å². The molecule has 0 unspecified atom stereocenters. The highest BCUT2D eigenvalue weighted by molar-refractivity contribution is 4.84. The summed E-state index contributed by atoms with van der Waals surface area (Å²) >= 11 is 0. The molecule has 1 fully saturated rings. The van der Waals surface area contributed by atoms with Crippen LogP contribution >= 0.6 is 0 Å². The lowest BCUT2D eigenvalue weighted by Gasteiger charge is -2.16. The summed E-state index contributed by atoms with van der Waals surface area (Å²) in [7, 11) is 0. The summed E-state index contributed by atoms with van der Waals surface area (Å²) in [6.45, 7) is 0. The molecule has 58 valence electrons. The van der Waals surface area contributed by atoms with Gasteiger partial charge in [-0.1, -0.05) is 19.3 Å². The van der Waals surface area contributed by atoms with Crippen LogP contribution in [0.3, 0.4) is 0 Å². The molecule has 0 aromatic carbocycles. The third-order valence-electron chi connectivity index (χ3n) is 2.06. The largest absolute Gasteiger partial charge is 0.349 e. The summed E-state index contributed by atoms with van der Waals surface area (Å²) in [5.41, 5.74) is 0. The first kappa shape index (κ1) is 7.61. The van der Waals surface area contributed by atoms with Gasteiger partial charge in [-0.05, 0) is 24.8 Å². The van der Waals surface area contributed by atoms with E-state index in [1.165, 1.54) is 38.4 Å². The maximum Gasteiger partial charge on any atom is 0.125 e. The average Bonchev–Trinajstić information content (AvgIpc) is 2.03. The standard InChI is InChI=1S/C8H14O2/c9-10-7-6-8-4-2-1-3-5-8/h6-9H,1-5H2. The maximum atomic E-state index is 8.01. The van der Waals surface area contributed by atoms with Crippen LogP contribution in [0.25, 0.3) is 0 Å². The summed E-state index contributed by atoms with van der Waals surface area (Å²) in [6.07, 6.45) is 9.82. The second kappa shape index (κ2) is 4.34. The Hall–Kier alpha value is -0.500. The molecule has 0 aromatic heterocycles. The number of hydrogen-bond acceptors (Lipinski definition) is 2. The zero-order valence-electron chi connectivity index (χ0n) is 6.12. The van der Waals surface area contributed by atoms with Crippen LogP contribution in [0.1, 0.15) is 32.1 Å². The lowest BCUT2D eigenvalue weighted by atomic mass is 9.89. The summed E-state index contributed by atoms with van der Waals surface area (Å²) in [6, 6.07) is 0. The number of rotatable bonds is 2. The normalized spacial score (nSPS) is 21.7. The minimum atomic E-state index is 0.640. The van der Waals surface area contributed by atoms with E-state index in [2.05, 4.69) is 4.89 Å². The van der Waals surface area contributed by atoms with E-state index in [1.54, 1.807) is 0 Å². The van der Waals surface area contributed by atoms with Gasteiger partial charge >= 0.3 is 0 Å². The fourth-order valence-corrected chi connectivity index (χ4v) is 1.47. The van der Waals surface area contributed by atoms with Crippen molar-refractivity contribution in [2.45, 2.75) is 32.1 Å². The Morgan fingerprint density at radius 1 is 1.20 bits per heavy atom. The van der Waals surface area contributed by atoms with Crippen molar-refractivity contribution in [3.8, 4) is 0 Å². The van der Waals surface area contributed by atoms with Gasteiger partial charge in [-0.25, -0.2) is 5.26 Å². The fraction of sp³-hybridized carbons (Fsp3) is 0.750. The summed E-state index contributed by atoms with van der Waals surface area (Å²) < 4.78 is 0. The van der Waals surface area contributed by atoms with E-state index >= 15 is 0 Å². The molecule has 0 aliphatic heterocycles. The van der Waals surface area contributed by atoms with Crippen molar-refractivity contribution >= 4 is 0 Å². The van der Waals surface area contributed by atoms with Gasteiger partial charge in [0, 0.05) is 0 Å². The predicted octanol–water partition coefficient (Wildman–Crippen LogP) is 2.57. The van der Waals surface area contributed by atoms with Crippen LogP contribution in [0, 0.1) is 5.92 Å². The van der Waals surface area contributed by atoms with Crippen LogP contribution in [0.4, 0.5) is 0 Å². The van der Waals surface area contributed by atoms with Gasteiger partial charge in [0.2, 0.25) is 0 Å². The summed E-state index contributed by atoms with van der Waals surface area (Å²) in [4.78, 5) is 3.86. The number of allylic oxidation sites excluding steroid dienone is 1. The second-order valence-electron chi connectivity index (χ2n) is 2.83. The predicted molar refractivity (Wildman–Crippen MR) is 39.4 cm³/mol. The van der Waals surface area contributed by atoms with Gasteiger partial charge in [-0.15, -0.1) is 0 Å². The van der Waals surface area contributed by atoms with Crippen molar-refractivity contribution in [3.63, 3.8) is 0 Å². The molecular weight excluding hydrogens is 128 g/mol. The van der Waals surface area contributed by atoms with Gasteiger partial charge in [-0.2, -0.15) is 0 Å². The van der Waals surface area contributed by atoms with E-state index in [0.717, 1.165) is 0 Å². The summed E-state index contributed by atoms with van der Waals surface area (Å²) in [5.74, 6) is 0.640. The molecule has 1 rings (SSSR count). The minimum Gasteiger partial charge on any atom is -0.349 e. The second-order valence-corrected chi connectivity index (χ2v) is 2.83. The quantitative estimate of drug-likeness (QED) is 0.365. The minimum absolute atomic E-state index is 0.640. The lowest BCUT2D eigenvalue weighted by molar-refractivity contribution is -0.187. The lowest BCUT2D eigenvalue weighted by Crippen LogP contribution is -2.02. The molecule has 0 amide bonds. The van der Waals surface area contributed by atoms with Crippen molar-refractivity contribution in [1.29, 1.82) is 0 Å². The Bertz CT molecular complexity index is 104. The first-order chi connectivity index (χ1) is 4.93. The Labute approximate surface area is 61.4 Å². The first-order valence-corrected chi connectivity index (χ1v) is 3.90. The van der Waals surface area contributed by atoms with E-state index in [-0.39, 0.29) is 0 Å². The topological polar surface area (TPSA) is 29.5 Å². The van der Waals surface area contributed by atoms with Gasteiger partial charge in [0.05, 0.1) is 0 Å². The van der Waals surface area contributed by atoms with E-state index < -0.39 is 0 Å². The maximum absolute atomic E-state index is 8.01. The molecule has 1 saturated carbocycles. The van der Waals surface area contributed by atoms with Crippen LogP contribution in [0.15, 0.2) is 12.3 Å². The molecule has 2 heteroatoms. The Kier molecular flexibility index (Phi) is 3.30. The van der Waals surface area contributed by atoms with E-state index in [0.29, 0.717) is 5.92 Å². The van der Waals surface area contributed by atoms with E-state index in [9.17, 15) is 0 Å². The van der Waals surface area contributed by atoms with Crippen molar-refractivity contribution in [2.24, 2.45) is 5.92 Å². The van der Waals surface area contributed by atoms with Gasteiger partial charge < -0.3 is 4.89 Å². The molecule has 0 spiro atoms. The summed E-state index contributed by atoms with van der Waals surface area (Å²) in [5, 5.41) is 8.01. The molecule has 0 heterocycles. The highest BCUT2D eigenvalue weighted by Crippen LogP contribution is 2.24. The van der Waals surface area contributed by atoms with Gasteiger partial charge in [0.25, 0.3) is 0 Å². The van der Waals surface area contributed by atoms with Gasteiger partial charge in [0.1, 0.15) is 6.26 Å². The Morgan fingerprint density at radius 2 is 1.90 bits per heavy atom. The molecule has 0 bridgehead atoms.